The van der Waals surface area contributed by atoms with Crippen molar-refractivity contribution in [2.45, 2.75) is 18.2 Å². The first-order chi connectivity index (χ1) is 7.59. The van der Waals surface area contributed by atoms with Gasteiger partial charge in [-0.15, -0.1) is 11.6 Å². The molecular weight excluding hydrogens is 257 g/mol. The van der Waals surface area contributed by atoms with E-state index >= 15 is 0 Å². The monoisotopic (exact) mass is 268 g/mol. The molecule has 0 saturated carbocycles. The lowest BCUT2D eigenvalue weighted by molar-refractivity contribution is 0.0165. The summed E-state index contributed by atoms with van der Waals surface area (Å²) in [7, 11) is 0. The van der Waals surface area contributed by atoms with E-state index in [1.807, 2.05) is 12.1 Å². The average molecular weight is 269 g/mol. The van der Waals surface area contributed by atoms with E-state index in [1.165, 1.54) is 0 Å². The van der Waals surface area contributed by atoms with Gasteiger partial charge in [-0.05, 0) is 24.1 Å². The molecule has 1 nitrogen and oxygen atoms in total. The summed E-state index contributed by atoms with van der Waals surface area (Å²) in [6.07, 6.45) is -1.93. The van der Waals surface area contributed by atoms with Gasteiger partial charge in [-0.1, -0.05) is 23.7 Å². The molecule has 16 heavy (non-hydrogen) atoms. The summed E-state index contributed by atoms with van der Waals surface area (Å²) >= 11 is 11.8. The molecule has 0 radical (unpaired) electrons. The quantitative estimate of drug-likeness (QED) is 0.553. The highest BCUT2D eigenvalue weighted by Crippen LogP contribution is 2.25. The number of halogens is 4. The van der Waals surface area contributed by atoms with Gasteiger partial charge in [0.1, 0.15) is 6.61 Å². The summed E-state index contributed by atoms with van der Waals surface area (Å²) in [5, 5.41) is 0.400. The zero-order valence-electron chi connectivity index (χ0n) is 8.51. The number of hydrogen-bond acceptors (Lipinski definition) is 1. The second-order valence-corrected chi connectivity index (χ2v) is 4.24. The third-order valence-electron chi connectivity index (χ3n) is 1.99. The lowest BCUT2D eigenvalue weighted by Crippen LogP contribution is -2.06. The van der Waals surface area contributed by atoms with Crippen LogP contribution in [0.3, 0.4) is 0 Å². The Kier molecular flexibility index (Phi) is 6.03. The molecule has 0 saturated heterocycles. The van der Waals surface area contributed by atoms with Gasteiger partial charge >= 0.3 is 0 Å². The van der Waals surface area contributed by atoms with Crippen LogP contribution in [0.25, 0.3) is 0 Å². The van der Waals surface area contributed by atoms with Gasteiger partial charge in [0.2, 0.25) is 0 Å². The van der Waals surface area contributed by atoms with Gasteiger partial charge in [-0.25, -0.2) is 8.78 Å². The summed E-state index contributed by atoms with van der Waals surface area (Å²) in [4.78, 5) is 0. The second kappa shape index (κ2) is 7.05. The molecule has 0 aliphatic carbocycles. The van der Waals surface area contributed by atoms with Crippen LogP contribution in [0.4, 0.5) is 8.78 Å². The molecule has 0 aliphatic rings. The SMILES string of the molecule is FC(F)COCCC(Cl)c1ccc(Cl)cc1. The lowest BCUT2D eigenvalue weighted by atomic mass is 10.1. The number of alkyl halides is 3. The van der Waals surface area contributed by atoms with Crippen molar-refractivity contribution in [2.75, 3.05) is 13.2 Å². The summed E-state index contributed by atoms with van der Waals surface area (Å²) < 4.78 is 28.3. The molecule has 1 rings (SSSR count). The van der Waals surface area contributed by atoms with Gasteiger partial charge < -0.3 is 4.74 Å². The predicted octanol–water partition coefficient (Wildman–Crippen LogP) is 4.29. The third-order valence-corrected chi connectivity index (χ3v) is 2.71. The van der Waals surface area contributed by atoms with Crippen LogP contribution in [0.1, 0.15) is 17.4 Å². The van der Waals surface area contributed by atoms with E-state index < -0.39 is 13.0 Å². The molecule has 5 heteroatoms. The first kappa shape index (κ1) is 13.7. The zero-order valence-corrected chi connectivity index (χ0v) is 10.0. The van der Waals surface area contributed by atoms with Gasteiger partial charge in [0.15, 0.2) is 0 Å². The highest BCUT2D eigenvalue weighted by atomic mass is 35.5. The van der Waals surface area contributed by atoms with Crippen molar-refractivity contribution in [3.8, 4) is 0 Å². The first-order valence-electron chi connectivity index (χ1n) is 4.85. The molecule has 90 valence electrons. The van der Waals surface area contributed by atoms with Crippen molar-refractivity contribution >= 4 is 23.2 Å². The molecule has 0 bridgehead atoms. The Bertz CT molecular complexity index is 303. The van der Waals surface area contributed by atoms with Gasteiger partial charge in [0, 0.05) is 11.6 Å². The Hall–Kier alpha value is -0.380. The van der Waals surface area contributed by atoms with Gasteiger partial charge in [-0.3, -0.25) is 0 Å². The number of rotatable bonds is 6. The van der Waals surface area contributed by atoms with Crippen LogP contribution in [0.2, 0.25) is 5.02 Å². The van der Waals surface area contributed by atoms with Crippen molar-refractivity contribution in [3.63, 3.8) is 0 Å². The minimum atomic E-state index is -2.43. The van der Waals surface area contributed by atoms with Crippen LogP contribution < -0.4 is 0 Å². The van der Waals surface area contributed by atoms with Gasteiger partial charge in [-0.2, -0.15) is 0 Å². The zero-order chi connectivity index (χ0) is 12.0. The molecule has 1 aromatic rings. The molecule has 0 amide bonds. The van der Waals surface area contributed by atoms with Crippen LogP contribution in [-0.4, -0.2) is 19.6 Å². The first-order valence-corrected chi connectivity index (χ1v) is 5.66. The van der Waals surface area contributed by atoms with E-state index in [-0.39, 0.29) is 12.0 Å². The highest BCUT2D eigenvalue weighted by molar-refractivity contribution is 6.30. The second-order valence-electron chi connectivity index (χ2n) is 3.27. The number of benzene rings is 1. The minimum absolute atomic E-state index is 0.223. The molecule has 1 aromatic carbocycles. The van der Waals surface area contributed by atoms with E-state index in [1.54, 1.807) is 12.1 Å². The molecule has 1 unspecified atom stereocenters. The lowest BCUT2D eigenvalue weighted by Gasteiger charge is -2.10. The normalized spacial score (nSPS) is 13.1. The molecule has 1 atom stereocenters. The van der Waals surface area contributed by atoms with Crippen LogP contribution in [0, 0.1) is 0 Å². The van der Waals surface area contributed by atoms with Crippen molar-refractivity contribution in [2.24, 2.45) is 0 Å². The smallest absolute Gasteiger partial charge is 0.261 e. The molecule has 0 spiro atoms. The maximum atomic E-state index is 11.8. The Morgan fingerprint density at radius 3 is 2.38 bits per heavy atom. The van der Waals surface area contributed by atoms with Crippen molar-refractivity contribution < 1.29 is 13.5 Å². The Labute approximate surface area is 103 Å². The van der Waals surface area contributed by atoms with Gasteiger partial charge in [0.25, 0.3) is 6.43 Å². The maximum absolute atomic E-state index is 11.8. The summed E-state index contributed by atoms with van der Waals surface area (Å²) in [6.45, 7) is -0.314. The summed E-state index contributed by atoms with van der Waals surface area (Å²) in [5.74, 6) is 0. The molecular formula is C11H12Cl2F2O. The Morgan fingerprint density at radius 2 is 1.81 bits per heavy atom. The van der Waals surface area contributed by atoms with Crippen molar-refractivity contribution in [1.29, 1.82) is 0 Å². The number of hydrogen-bond donors (Lipinski definition) is 0. The molecule has 0 N–H and O–H groups in total. The van der Waals surface area contributed by atoms with E-state index in [4.69, 9.17) is 27.9 Å². The fourth-order valence-corrected chi connectivity index (χ4v) is 1.56. The van der Waals surface area contributed by atoms with Crippen LogP contribution >= 0.6 is 23.2 Å². The summed E-state index contributed by atoms with van der Waals surface area (Å²) in [6, 6.07) is 7.11. The van der Waals surface area contributed by atoms with Crippen molar-refractivity contribution in [3.05, 3.63) is 34.9 Å². The molecule has 0 aliphatic heterocycles. The highest BCUT2D eigenvalue weighted by Gasteiger charge is 2.08. The van der Waals surface area contributed by atoms with Crippen LogP contribution in [0.5, 0.6) is 0 Å². The largest absolute Gasteiger partial charge is 0.375 e. The Morgan fingerprint density at radius 1 is 1.19 bits per heavy atom. The minimum Gasteiger partial charge on any atom is -0.375 e. The van der Waals surface area contributed by atoms with Crippen LogP contribution in [-0.2, 0) is 4.74 Å². The average Bonchev–Trinajstić information content (AvgIpc) is 2.25. The fraction of sp³-hybridized carbons (Fsp3) is 0.455. The Balaban J connectivity index is 2.29. The summed E-state index contributed by atoms with van der Waals surface area (Å²) in [5.41, 5.74) is 0.909. The molecule has 0 fully saturated rings. The third kappa shape index (κ3) is 5.10. The van der Waals surface area contributed by atoms with Crippen molar-refractivity contribution in [1.82, 2.24) is 0 Å². The number of ether oxygens (including phenoxy) is 1. The van der Waals surface area contributed by atoms with E-state index in [9.17, 15) is 8.78 Å². The molecule has 0 aromatic heterocycles. The standard InChI is InChI=1S/C11H12Cl2F2O/c12-9-3-1-8(2-4-9)10(13)5-6-16-7-11(14)15/h1-4,10-11H,5-7H2. The fourth-order valence-electron chi connectivity index (χ4n) is 1.20. The maximum Gasteiger partial charge on any atom is 0.261 e. The van der Waals surface area contributed by atoms with E-state index in [0.717, 1.165) is 5.56 Å². The van der Waals surface area contributed by atoms with Gasteiger partial charge in [0.05, 0.1) is 5.38 Å². The predicted molar refractivity (Wildman–Crippen MR) is 61.5 cm³/mol. The topological polar surface area (TPSA) is 9.23 Å². The van der Waals surface area contributed by atoms with E-state index in [0.29, 0.717) is 11.4 Å². The molecule has 0 heterocycles. The van der Waals surface area contributed by atoms with Crippen LogP contribution in [0.15, 0.2) is 24.3 Å². The van der Waals surface area contributed by atoms with E-state index in [2.05, 4.69) is 0 Å².